The number of rotatable bonds is 2. The monoisotopic (exact) mass is 407 g/mol. The lowest BCUT2D eigenvalue weighted by Gasteiger charge is -2.48. The summed E-state index contributed by atoms with van der Waals surface area (Å²) in [6, 6.07) is 16.1. The van der Waals surface area contributed by atoms with Gasteiger partial charge in [0.1, 0.15) is 5.75 Å². The fourth-order valence-corrected chi connectivity index (χ4v) is 4.57. The first-order valence-corrected chi connectivity index (χ1v) is 10.3. The molecular formula is C23H25N3O4. The number of morpholine rings is 1. The molecule has 7 heteroatoms. The summed E-state index contributed by atoms with van der Waals surface area (Å²) >= 11 is 0. The molecule has 0 radical (unpaired) electrons. The zero-order chi connectivity index (χ0) is 20.7. The molecule has 3 heterocycles. The van der Waals surface area contributed by atoms with Crippen molar-refractivity contribution in [1.29, 1.82) is 0 Å². The first-order valence-electron chi connectivity index (χ1n) is 10.3. The third-order valence-electron chi connectivity index (χ3n) is 6.28. The van der Waals surface area contributed by atoms with Crippen LogP contribution in [0.2, 0.25) is 0 Å². The third-order valence-corrected chi connectivity index (χ3v) is 6.28. The second-order valence-electron chi connectivity index (χ2n) is 8.03. The maximum absolute atomic E-state index is 13.2. The van der Waals surface area contributed by atoms with Crippen molar-refractivity contribution in [2.24, 2.45) is 0 Å². The van der Waals surface area contributed by atoms with Crippen LogP contribution in [0.4, 0.5) is 5.69 Å². The topological polar surface area (TPSA) is 62.3 Å². The Hall–Kier alpha value is -2.90. The van der Waals surface area contributed by atoms with E-state index in [0.717, 1.165) is 6.54 Å². The summed E-state index contributed by atoms with van der Waals surface area (Å²) in [5.41, 5.74) is 2.47. The van der Waals surface area contributed by atoms with Gasteiger partial charge in [-0.15, -0.1) is 0 Å². The number of carbonyl (C=O) groups is 2. The number of carbonyl (C=O) groups excluding carboxylic acids is 2. The third kappa shape index (κ3) is 3.34. The molecule has 0 N–H and O–H groups in total. The van der Waals surface area contributed by atoms with Gasteiger partial charge in [0.15, 0.2) is 6.61 Å². The highest BCUT2D eigenvalue weighted by Gasteiger charge is 2.38. The Labute approximate surface area is 175 Å². The van der Waals surface area contributed by atoms with Gasteiger partial charge in [-0.1, -0.05) is 30.3 Å². The minimum absolute atomic E-state index is 0.0225. The number of hydrogen-bond acceptors (Lipinski definition) is 5. The van der Waals surface area contributed by atoms with Crippen LogP contribution in [0.25, 0.3) is 0 Å². The van der Waals surface area contributed by atoms with Crippen molar-refractivity contribution in [2.75, 3.05) is 51.4 Å². The summed E-state index contributed by atoms with van der Waals surface area (Å²) < 4.78 is 11.4. The van der Waals surface area contributed by atoms with Crippen molar-refractivity contribution in [3.05, 3.63) is 59.7 Å². The van der Waals surface area contributed by atoms with Crippen molar-refractivity contribution in [3.63, 3.8) is 0 Å². The van der Waals surface area contributed by atoms with Gasteiger partial charge in [0.2, 0.25) is 0 Å². The lowest BCUT2D eigenvalue weighted by atomic mass is 9.99. The predicted octanol–water partition coefficient (Wildman–Crippen LogP) is 1.94. The van der Waals surface area contributed by atoms with Crippen molar-refractivity contribution < 1.29 is 19.1 Å². The van der Waals surface area contributed by atoms with Crippen LogP contribution in [0.15, 0.2) is 48.5 Å². The van der Waals surface area contributed by atoms with Gasteiger partial charge in [-0.05, 0) is 23.8 Å². The fraction of sp³-hybridized carbons (Fsp3) is 0.391. The van der Waals surface area contributed by atoms with Crippen LogP contribution in [-0.4, -0.2) is 74.2 Å². The van der Waals surface area contributed by atoms with E-state index in [-0.39, 0.29) is 30.5 Å². The first-order chi connectivity index (χ1) is 14.6. The molecule has 3 aliphatic heterocycles. The van der Waals surface area contributed by atoms with E-state index in [1.165, 1.54) is 5.56 Å². The number of piperazine rings is 1. The highest BCUT2D eigenvalue weighted by Crippen LogP contribution is 2.33. The lowest BCUT2D eigenvalue weighted by molar-refractivity contribution is -0.120. The van der Waals surface area contributed by atoms with Crippen molar-refractivity contribution in [2.45, 2.75) is 12.1 Å². The zero-order valence-electron chi connectivity index (χ0n) is 17.0. The molecule has 0 spiro atoms. The van der Waals surface area contributed by atoms with Crippen molar-refractivity contribution in [1.82, 2.24) is 9.80 Å². The Kier molecular flexibility index (Phi) is 4.92. The average Bonchev–Trinajstić information content (AvgIpc) is 2.80. The van der Waals surface area contributed by atoms with Gasteiger partial charge in [0.25, 0.3) is 11.8 Å². The molecule has 0 bridgehead atoms. The van der Waals surface area contributed by atoms with Gasteiger partial charge in [-0.25, -0.2) is 0 Å². The second kappa shape index (κ2) is 7.74. The maximum Gasteiger partial charge on any atom is 0.264 e. The number of ether oxygens (including phenoxy) is 2. The smallest absolute Gasteiger partial charge is 0.264 e. The van der Waals surface area contributed by atoms with Crippen LogP contribution in [-0.2, 0) is 9.53 Å². The van der Waals surface area contributed by atoms with Crippen LogP contribution in [0.1, 0.15) is 22.0 Å². The Morgan fingerprint density at radius 1 is 1.07 bits per heavy atom. The number of nitrogens with zero attached hydrogens (tertiary/aromatic N) is 3. The zero-order valence-corrected chi connectivity index (χ0v) is 17.0. The van der Waals surface area contributed by atoms with Crippen LogP contribution < -0.4 is 9.64 Å². The van der Waals surface area contributed by atoms with Crippen LogP contribution in [0.5, 0.6) is 5.75 Å². The van der Waals surface area contributed by atoms with Gasteiger partial charge >= 0.3 is 0 Å². The number of fused-ring (bicyclic) bond motifs is 2. The normalized spacial score (nSPS) is 24.1. The number of amides is 2. The molecule has 3 aliphatic rings. The van der Waals surface area contributed by atoms with Crippen molar-refractivity contribution >= 4 is 17.5 Å². The SMILES string of the molecule is CN1C(=O)COc2ccc(C(=O)N3CCN4[C@@H](COC[C@@H]4c4ccccc4)C3)cc21. The molecule has 0 aliphatic carbocycles. The molecule has 2 amide bonds. The molecule has 2 atom stereocenters. The highest BCUT2D eigenvalue weighted by molar-refractivity contribution is 6.01. The molecule has 7 nitrogen and oxygen atoms in total. The van der Waals surface area contributed by atoms with E-state index < -0.39 is 0 Å². The minimum atomic E-state index is -0.118. The molecule has 2 fully saturated rings. The predicted molar refractivity (Wildman–Crippen MR) is 112 cm³/mol. The second-order valence-corrected chi connectivity index (χ2v) is 8.03. The quantitative estimate of drug-likeness (QED) is 0.762. The van der Waals surface area contributed by atoms with E-state index in [0.29, 0.717) is 43.3 Å². The van der Waals surface area contributed by atoms with Crippen LogP contribution in [0.3, 0.4) is 0 Å². The van der Waals surface area contributed by atoms with E-state index in [9.17, 15) is 9.59 Å². The first kappa shape index (κ1) is 19.1. The van der Waals surface area contributed by atoms with Gasteiger partial charge < -0.3 is 19.3 Å². The average molecular weight is 407 g/mol. The van der Waals surface area contributed by atoms with Gasteiger partial charge in [-0.3, -0.25) is 14.5 Å². The van der Waals surface area contributed by atoms with E-state index in [1.54, 1.807) is 30.1 Å². The van der Waals surface area contributed by atoms with Gasteiger partial charge in [0.05, 0.1) is 31.0 Å². The van der Waals surface area contributed by atoms with Crippen LogP contribution in [0, 0.1) is 0 Å². The Bertz CT molecular complexity index is 964. The Balaban J connectivity index is 1.33. The molecule has 2 aromatic carbocycles. The molecule has 5 rings (SSSR count). The van der Waals surface area contributed by atoms with E-state index >= 15 is 0 Å². The number of benzene rings is 2. The lowest BCUT2D eigenvalue weighted by Crippen LogP contribution is -2.60. The summed E-state index contributed by atoms with van der Waals surface area (Å²) in [4.78, 5) is 31.1. The molecular weight excluding hydrogens is 382 g/mol. The summed E-state index contributed by atoms with van der Waals surface area (Å²) in [6.07, 6.45) is 0. The van der Waals surface area contributed by atoms with Gasteiger partial charge in [-0.2, -0.15) is 0 Å². The Morgan fingerprint density at radius 2 is 1.90 bits per heavy atom. The molecule has 2 aromatic rings. The molecule has 0 unspecified atom stereocenters. The number of anilines is 1. The summed E-state index contributed by atoms with van der Waals surface area (Å²) in [6.45, 7) is 3.45. The summed E-state index contributed by atoms with van der Waals surface area (Å²) in [7, 11) is 1.71. The maximum atomic E-state index is 13.2. The van der Waals surface area contributed by atoms with Crippen molar-refractivity contribution in [3.8, 4) is 5.75 Å². The number of hydrogen-bond donors (Lipinski definition) is 0. The molecule has 30 heavy (non-hydrogen) atoms. The standard InChI is InChI=1S/C23H25N3O4/c1-24-19-11-17(7-8-21(19)30-15-22(24)27)23(28)25-9-10-26-18(12-25)13-29-14-20(26)16-5-3-2-4-6-16/h2-8,11,18,20H,9-10,12-15H2,1H3/t18-,20-/m1/s1. The largest absolute Gasteiger partial charge is 0.482 e. The molecule has 2 saturated heterocycles. The van der Waals surface area contributed by atoms with E-state index in [1.807, 2.05) is 11.0 Å². The minimum Gasteiger partial charge on any atom is -0.482 e. The van der Waals surface area contributed by atoms with E-state index in [4.69, 9.17) is 9.47 Å². The molecule has 156 valence electrons. The van der Waals surface area contributed by atoms with Gasteiger partial charge in [0, 0.05) is 32.2 Å². The van der Waals surface area contributed by atoms with Crippen LogP contribution >= 0.6 is 0 Å². The molecule has 0 aromatic heterocycles. The number of likely N-dealkylation sites (N-methyl/N-ethyl adjacent to an activating group) is 1. The Morgan fingerprint density at radius 3 is 2.73 bits per heavy atom. The van der Waals surface area contributed by atoms with E-state index in [2.05, 4.69) is 29.2 Å². The molecule has 0 saturated carbocycles. The highest BCUT2D eigenvalue weighted by atomic mass is 16.5. The summed E-state index contributed by atoms with van der Waals surface area (Å²) in [5.74, 6) is 0.489. The fourth-order valence-electron chi connectivity index (χ4n) is 4.57. The summed E-state index contributed by atoms with van der Waals surface area (Å²) in [5, 5.41) is 0.